The molecule has 0 aromatic heterocycles. The van der Waals surface area contributed by atoms with Gasteiger partial charge in [0.2, 0.25) is 0 Å². The van der Waals surface area contributed by atoms with Crippen molar-refractivity contribution in [1.82, 2.24) is 0 Å². The zero-order valence-electron chi connectivity index (χ0n) is 14.9. The van der Waals surface area contributed by atoms with Crippen LogP contribution in [0.2, 0.25) is 0 Å². The third-order valence-electron chi connectivity index (χ3n) is 4.86. The Kier molecular flexibility index (Phi) is 4.34. The number of hydrogen-bond acceptors (Lipinski definition) is 3. The van der Waals surface area contributed by atoms with Crippen molar-refractivity contribution in [2.75, 3.05) is 6.61 Å². The van der Waals surface area contributed by atoms with E-state index in [1.165, 1.54) is 16.7 Å². The van der Waals surface area contributed by atoms with Gasteiger partial charge in [-0.3, -0.25) is 9.59 Å². The molecule has 2 aromatic carbocycles. The summed E-state index contributed by atoms with van der Waals surface area (Å²) in [5, 5.41) is 0. The van der Waals surface area contributed by atoms with Crippen molar-refractivity contribution >= 4 is 11.8 Å². The van der Waals surface area contributed by atoms with Gasteiger partial charge in [-0.15, -0.1) is 0 Å². The van der Waals surface area contributed by atoms with Gasteiger partial charge in [0.05, 0.1) is 0 Å². The summed E-state index contributed by atoms with van der Waals surface area (Å²) in [6, 6.07) is 14.1. The van der Waals surface area contributed by atoms with Crippen molar-refractivity contribution in [3.63, 3.8) is 0 Å². The number of carbonyl (C=O) groups excluding carboxylic acids is 2. The standard InChI is InChI=1S/C22H22O3/c1-5-20(23)25-13-14(2)21(24)15-10-11-17-16-8-6-7-9-18(16)22(3,4)19(17)12-15/h6-12H,2,5,13H2,1,3-4H3. The van der Waals surface area contributed by atoms with Crippen molar-refractivity contribution in [2.24, 2.45) is 0 Å². The van der Waals surface area contributed by atoms with E-state index in [0.717, 1.165) is 5.56 Å². The topological polar surface area (TPSA) is 43.4 Å². The van der Waals surface area contributed by atoms with Gasteiger partial charge in [0.15, 0.2) is 5.78 Å². The highest BCUT2D eigenvalue weighted by Crippen LogP contribution is 2.48. The first-order chi connectivity index (χ1) is 11.9. The molecule has 0 atom stereocenters. The van der Waals surface area contributed by atoms with E-state index in [9.17, 15) is 9.59 Å². The molecule has 0 radical (unpaired) electrons. The van der Waals surface area contributed by atoms with Crippen LogP contribution >= 0.6 is 0 Å². The second-order valence-electron chi connectivity index (χ2n) is 6.88. The van der Waals surface area contributed by atoms with Gasteiger partial charge in [-0.25, -0.2) is 0 Å². The normalized spacial score (nSPS) is 13.7. The molecular weight excluding hydrogens is 312 g/mol. The highest BCUT2D eigenvalue weighted by atomic mass is 16.5. The highest BCUT2D eigenvalue weighted by Gasteiger charge is 2.35. The van der Waals surface area contributed by atoms with E-state index >= 15 is 0 Å². The molecule has 2 aromatic rings. The third-order valence-corrected chi connectivity index (χ3v) is 4.86. The molecule has 3 heteroatoms. The molecule has 25 heavy (non-hydrogen) atoms. The minimum atomic E-state index is -0.334. The largest absolute Gasteiger partial charge is 0.461 e. The maximum Gasteiger partial charge on any atom is 0.305 e. The minimum Gasteiger partial charge on any atom is -0.461 e. The first-order valence-electron chi connectivity index (χ1n) is 8.48. The number of rotatable bonds is 5. The summed E-state index contributed by atoms with van der Waals surface area (Å²) in [6.07, 6.45) is 0.284. The van der Waals surface area contributed by atoms with Crippen molar-refractivity contribution in [3.8, 4) is 11.1 Å². The number of ether oxygens (including phenoxy) is 1. The lowest BCUT2D eigenvalue weighted by Crippen LogP contribution is -2.16. The molecule has 0 heterocycles. The molecule has 0 bridgehead atoms. The lowest BCUT2D eigenvalue weighted by atomic mass is 9.81. The molecule has 3 rings (SSSR count). The van der Waals surface area contributed by atoms with Gasteiger partial charge < -0.3 is 4.74 Å². The zero-order chi connectivity index (χ0) is 18.2. The molecule has 0 saturated carbocycles. The zero-order valence-corrected chi connectivity index (χ0v) is 14.9. The number of hydrogen-bond donors (Lipinski definition) is 0. The lowest BCUT2D eigenvalue weighted by Gasteiger charge is -2.21. The molecule has 0 N–H and O–H groups in total. The van der Waals surface area contributed by atoms with Crippen LogP contribution in [-0.2, 0) is 14.9 Å². The first kappa shape index (κ1) is 17.2. The van der Waals surface area contributed by atoms with Crippen molar-refractivity contribution in [1.29, 1.82) is 0 Å². The predicted molar refractivity (Wildman–Crippen MR) is 98.7 cm³/mol. The quantitative estimate of drug-likeness (QED) is 0.453. The van der Waals surface area contributed by atoms with Gasteiger partial charge in [0, 0.05) is 23.0 Å². The summed E-state index contributed by atoms with van der Waals surface area (Å²) < 4.78 is 5.02. The molecule has 0 saturated heterocycles. The molecule has 3 nitrogen and oxygen atoms in total. The Hall–Kier alpha value is -2.68. The van der Waals surface area contributed by atoms with Gasteiger partial charge in [0.25, 0.3) is 0 Å². The smallest absolute Gasteiger partial charge is 0.305 e. The van der Waals surface area contributed by atoms with E-state index in [1.807, 2.05) is 30.3 Å². The predicted octanol–water partition coefficient (Wildman–Crippen LogP) is 4.69. The van der Waals surface area contributed by atoms with Crippen molar-refractivity contribution in [2.45, 2.75) is 32.6 Å². The average molecular weight is 334 g/mol. The van der Waals surface area contributed by atoms with Crippen LogP contribution in [0.25, 0.3) is 11.1 Å². The minimum absolute atomic E-state index is 0.0633. The van der Waals surface area contributed by atoms with Crippen LogP contribution in [0.4, 0.5) is 0 Å². The Balaban J connectivity index is 1.90. The molecule has 0 amide bonds. The Morgan fingerprint density at radius 1 is 1.04 bits per heavy atom. The van der Waals surface area contributed by atoms with Gasteiger partial charge in [0.1, 0.15) is 6.61 Å². The Bertz CT molecular complexity index is 875. The summed E-state index contributed by atoms with van der Waals surface area (Å²) in [5.74, 6) is -0.516. The second kappa shape index (κ2) is 6.32. The van der Waals surface area contributed by atoms with Crippen molar-refractivity contribution < 1.29 is 14.3 Å². The van der Waals surface area contributed by atoms with Gasteiger partial charge >= 0.3 is 5.97 Å². The maximum absolute atomic E-state index is 12.6. The van der Waals surface area contributed by atoms with Crippen LogP contribution in [-0.4, -0.2) is 18.4 Å². The van der Waals surface area contributed by atoms with Crippen LogP contribution in [0, 0.1) is 0 Å². The first-order valence-corrected chi connectivity index (χ1v) is 8.48. The van der Waals surface area contributed by atoms with Crippen LogP contribution in [0.15, 0.2) is 54.6 Å². The summed E-state index contributed by atoms with van der Waals surface area (Å²) in [6.45, 7) is 9.77. The number of benzene rings is 2. The summed E-state index contributed by atoms with van der Waals surface area (Å²) >= 11 is 0. The van der Waals surface area contributed by atoms with Gasteiger partial charge in [-0.1, -0.05) is 63.7 Å². The molecular formula is C22H22O3. The monoisotopic (exact) mass is 334 g/mol. The fourth-order valence-electron chi connectivity index (χ4n) is 3.38. The van der Waals surface area contributed by atoms with E-state index in [1.54, 1.807) is 6.92 Å². The number of carbonyl (C=O) groups is 2. The number of esters is 1. The molecule has 0 unspecified atom stereocenters. The lowest BCUT2D eigenvalue weighted by molar-refractivity contribution is -0.142. The van der Waals surface area contributed by atoms with Crippen LogP contribution in [0.1, 0.15) is 48.7 Å². The van der Waals surface area contributed by atoms with Gasteiger partial charge in [-0.2, -0.15) is 0 Å². The fraction of sp³-hybridized carbons (Fsp3) is 0.273. The maximum atomic E-state index is 12.6. The van der Waals surface area contributed by atoms with E-state index in [0.29, 0.717) is 5.56 Å². The Labute approximate surface area is 148 Å². The molecule has 0 spiro atoms. The molecule has 128 valence electrons. The highest BCUT2D eigenvalue weighted by molar-refractivity contribution is 6.09. The van der Waals surface area contributed by atoms with Crippen molar-refractivity contribution in [3.05, 3.63) is 71.3 Å². The molecule has 0 fully saturated rings. The van der Waals surface area contributed by atoms with E-state index in [2.05, 4.69) is 32.6 Å². The molecule has 1 aliphatic carbocycles. The SMILES string of the molecule is C=C(COC(=O)CC)C(=O)c1ccc2c(c1)C(C)(C)c1ccccc1-2. The number of Topliss-reactive ketones (excluding diaryl/α,β-unsaturated/α-hetero) is 1. The van der Waals surface area contributed by atoms with E-state index in [4.69, 9.17) is 4.74 Å². The van der Waals surface area contributed by atoms with Gasteiger partial charge in [-0.05, 0) is 28.3 Å². The number of fused-ring (bicyclic) bond motifs is 3. The van der Waals surface area contributed by atoms with Crippen LogP contribution in [0.5, 0.6) is 0 Å². The fourth-order valence-corrected chi connectivity index (χ4v) is 3.38. The number of ketones is 1. The van der Waals surface area contributed by atoms with Crippen LogP contribution < -0.4 is 0 Å². The Morgan fingerprint density at radius 2 is 1.72 bits per heavy atom. The van der Waals surface area contributed by atoms with Crippen LogP contribution in [0.3, 0.4) is 0 Å². The van der Waals surface area contributed by atoms with E-state index in [-0.39, 0.29) is 35.8 Å². The molecule has 0 aliphatic heterocycles. The third kappa shape index (κ3) is 2.91. The second-order valence-corrected chi connectivity index (χ2v) is 6.88. The Morgan fingerprint density at radius 3 is 2.44 bits per heavy atom. The summed E-state index contributed by atoms with van der Waals surface area (Å²) in [4.78, 5) is 23.9. The molecule has 1 aliphatic rings. The average Bonchev–Trinajstić information content (AvgIpc) is 2.86. The summed E-state index contributed by atoms with van der Waals surface area (Å²) in [5.41, 5.74) is 5.51. The summed E-state index contributed by atoms with van der Waals surface area (Å²) in [7, 11) is 0. The van der Waals surface area contributed by atoms with E-state index < -0.39 is 0 Å².